The summed E-state index contributed by atoms with van der Waals surface area (Å²) in [6.45, 7) is 2.11. The van der Waals surface area contributed by atoms with E-state index in [2.05, 4.69) is 20.3 Å². The van der Waals surface area contributed by atoms with E-state index in [1.165, 1.54) is 0 Å². The summed E-state index contributed by atoms with van der Waals surface area (Å²) in [6.07, 6.45) is 0. The van der Waals surface area contributed by atoms with Crippen LogP contribution in [0, 0.1) is 11.6 Å². The summed E-state index contributed by atoms with van der Waals surface area (Å²) in [4.78, 5) is 11.6. The van der Waals surface area contributed by atoms with Crippen LogP contribution in [0.2, 0.25) is 0 Å². The van der Waals surface area contributed by atoms with Crippen LogP contribution in [0.25, 0.3) is 0 Å². The standard InChI is InChI=1S/C12H12F2N4O2/c1-3-19-11-16-10(15-2)17-12(18-11)20-9-6-7(13)4-5-8(9)14/h4-6H,3H2,1-2H3,(H,15,16,17,18). The van der Waals surface area contributed by atoms with E-state index in [9.17, 15) is 8.78 Å². The molecule has 6 nitrogen and oxygen atoms in total. The summed E-state index contributed by atoms with van der Waals surface area (Å²) in [5.41, 5.74) is 0. The average molecular weight is 282 g/mol. The van der Waals surface area contributed by atoms with Crippen molar-refractivity contribution in [2.75, 3.05) is 19.0 Å². The highest BCUT2D eigenvalue weighted by molar-refractivity contribution is 5.31. The molecule has 2 rings (SSSR count). The fourth-order valence-corrected chi connectivity index (χ4v) is 1.34. The Balaban J connectivity index is 2.32. The van der Waals surface area contributed by atoms with Crippen molar-refractivity contribution in [2.45, 2.75) is 6.92 Å². The van der Waals surface area contributed by atoms with Crippen molar-refractivity contribution in [3.8, 4) is 17.8 Å². The van der Waals surface area contributed by atoms with Crippen molar-refractivity contribution in [1.29, 1.82) is 0 Å². The van der Waals surface area contributed by atoms with E-state index >= 15 is 0 Å². The molecule has 1 heterocycles. The molecule has 0 unspecified atom stereocenters. The Morgan fingerprint density at radius 1 is 1.15 bits per heavy atom. The highest BCUT2D eigenvalue weighted by Gasteiger charge is 2.12. The van der Waals surface area contributed by atoms with Gasteiger partial charge < -0.3 is 14.8 Å². The molecular formula is C12H12F2N4O2. The maximum absolute atomic E-state index is 13.5. The van der Waals surface area contributed by atoms with Gasteiger partial charge in [-0.1, -0.05) is 0 Å². The Morgan fingerprint density at radius 3 is 2.60 bits per heavy atom. The number of aromatic nitrogens is 3. The van der Waals surface area contributed by atoms with E-state index in [0.717, 1.165) is 18.2 Å². The van der Waals surface area contributed by atoms with Crippen LogP contribution in [-0.4, -0.2) is 28.6 Å². The van der Waals surface area contributed by atoms with Crippen LogP contribution < -0.4 is 14.8 Å². The molecule has 1 aromatic heterocycles. The molecule has 0 atom stereocenters. The van der Waals surface area contributed by atoms with E-state index in [0.29, 0.717) is 6.61 Å². The number of halogens is 2. The van der Waals surface area contributed by atoms with Crippen LogP contribution in [0.15, 0.2) is 18.2 Å². The van der Waals surface area contributed by atoms with Gasteiger partial charge in [-0.15, -0.1) is 4.98 Å². The molecule has 20 heavy (non-hydrogen) atoms. The maximum Gasteiger partial charge on any atom is 0.330 e. The number of benzene rings is 1. The zero-order valence-corrected chi connectivity index (χ0v) is 10.9. The minimum absolute atomic E-state index is 0.0265. The summed E-state index contributed by atoms with van der Waals surface area (Å²) in [7, 11) is 1.59. The van der Waals surface area contributed by atoms with Gasteiger partial charge in [-0.25, -0.2) is 8.78 Å². The van der Waals surface area contributed by atoms with Crippen LogP contribution in [0.5, 0.6) is 17.8 Å². The number of anilines is 1. The van der Waals surface area contributed by atoms with Crippen LogP contribution in [-0.2, 0) is 0 Å². The first-order chi connectivity index (χ1) is 9.62. The van der Waals surface area contributed by atoms with Gasteiger partial charge in [-0.05, 0) is 19.1 Å². The lowest BCUT2D eigenvalue weighted by atomic mass is 10.3. The third-order valence-electron chi connectivity index (χ3n) is 2.19. The van der Waals surface area contributed by atoms with Crippen LogP contribution in [0.4, 0.5) is 14.7 Å². The molecule has 106 valence electrons. The normalized spacial score (nSPS) is 10.2. The summed E-state index contributed by atoms with van der Waals surface area (Å²) in [5, 5.41) is 2.69. The van der Waals surface area contributed by atoms with Crippen molar-refractivity contribution in [3.05, 3.63) is 29.8 Å². The summed E-state index contributed by atoms with van der Waals surface area (Å²) < 4.78 is 36.8. The Kier molecular flexibility index (Phi) is 4.24. The first-order valence-corrected chi connectivity index (χ1v) is 5.82. The van der Waals surface area contributed by atoms with Gasteiger partial charge in [0.15, 0.2) is 11.6 Å². The number of ether oxygens (including phenoxy) is 2. The van der Waals surface area contributed by atoms with Crippen LogP contribution in [0.3, 0.4) is 0 Å². The molecule has 0 aliphatic heterocycles. The largest absolute Gasteiger partial charge is 0.464 e. The Bertz CT molecular complexity index is 610. The fraction of sp³-hybridized carbons (Fsp3) is 0.250. The molecule has 0 aliphatic rings. The zero-order chi connectivity index (χ0) is 14.5. The molecule has 0 saturated carbocycles. The zero-order valence-electron chi connectivity index (χ0n) is 10.9. The van der Waals surface area contributed by atoms with Gasteiger partial charge in [0.25, 0.3) is 0 Å². The fourth-order valence-electron chi connectivity index (χ4n) is 1.34. The molecule has 1 aromatic carbocycles. The molecule has 0 saturated heterocycles. The van der Waals surface area contributed by atoms with Crippen molar-refractivity contribution in [2.24, 2.45) is 0 Å². The molecule has 0 amide bonds. The third-order valence-corrected chi connectivity index (χ3v) is 2.19. The minimum atomic E-state index is -0.726. The summed E-state index contributed by atoms with van der Waals surface area (Å²) in [6, 6.07) is 2.67. The number of nitrogens with one attached hydrogen (secondary N) is 1. The van der Waals surface area contributed by atoms with Crippen molar-refractivity contribution < 1.29 is 18.3 Å². The second-order valence-electron chi connectivity index (χ2n) is 3.58. The second kappa shape index (κ2) is 6.09. The summed E-state index contributed by atoms with van der Waals surface area (Å²) >= 11 is 0. The number of nitrogens with zero attached hydrogens (tertiary/aromatic N) is 3. The topological polar surface area (TPSA) is 69.2 Å². The molecule has 0 bridgehead atoms. The highest BCUT2D eigenvalue weighted by atomic mass is 19.1. The Morgan fingerprint density at radius 2 is 1.90 bits per heavy atom. The number of hydrogen-bond donors (Lipinski definition) is 1. The quantitative estimate of drug-likeness (QED) is 0.908. The number of hydrogen-bond acceptors (Lipinski definition) is 6. The third kappa shape index (κ3) is 3.28. The van der Waals surface area contributed by atoms with Crippen LogP contribution in [0.1, 0.15) is 6.92 Å². The van der Waals surface area contributed by atoms with E-state index in [4.69, 9.17) is 9.47 Å². The average Bonchev–Trinajstić information content (AvgIpc) is 2.43. The SMILES string of the molecule is CCOc1nc(NC)nc(Oc2cc(F)ccc2F)n1. The molecule has 8 heteroatoms. The molecule has 1 N–H and O–H groups in total. The van der Waals surface area contributed by atoms with Crippen molar-refractivity contribution in [1.82, 2.24) is 15.0 Å². The molecule has 2 aromatic rings. The minimum Gasteiger partial charge on any atom is -0.464 e. The lowest BCUT2D eigenvalue weighted by molar-refractivity contribution is 0.302. The lowest BCUT2D eigenvalue weighted by Gasteiger charge is -2.08. The summed E-state index contributed by atoms with van der Waals surface area (Å²) in [5.74, 6) is -1.49. The lowest BCUT2D eigenvalue weighted by Crippen LogP contribution is -2.05. The van der Waals surface area contributed by atoms with Gasteiger partial charge in [-0.3, -0.25) is 0 Å². The smallest absolute Gasteiger partial charge is 0.330 e. The highest BCUT2D eigenvalue weighted by Crippen LogP contribution is 2.24. The Labute approximate surface area is 113 Å². The second-order valence-corrected chi connectivity index (χ2v) is 3.58. The number of rotatable bonds is 5. The molecule has 0 aliphatic carbocycles. The van der Waals surface area contributed by atoms with Gasteiger partial charge in [0.1, 0.15) is 5.82 Å². The predicted molar refractivity (Wildman–Crippen MR) is 67.0 cm³/mol. The maximum atomic E-state index is 13.5. The molecular weight excluding hydrogens is 270 g/mol. The van der Waals surface area contributed by atoms with Crippen molar-refractivity contribution >= 4 is 5.95 Å². The Hall–Kier alpha value is -2.51. The van der Waals surface area contributed by atoms with E-state index in [-0.39, 0.29) is 23.7 Å². The molecule has 0 fully saturated rings. The monoisotopic (exact) mass is 282 g/mol. The van der Waals surface area contributed by atoms with Gasteiger partial charge in [0, 0.05) is 13.1 Å². The van der Waals surface area contributed by atoms with Gasteiger partial charge in [0.05, 0.1) is 6.61 Å². The predicted octanol–water partition coefficient (Wildman–Crippen LogP) is 2.38. The van der Waals surface area contributed by atoms with Gasteiger partial charge in [-0.2, -0.15) is 9.97 Å². The van der Waals surface area contributed by atoms with Crippen LogP contribution >= 0.6 is 0 Å². The van der Waals surface area contributed by atoms with Gasteiger partial charge >= 0.3 is 12.0 Å². The van der Waals surface area contributed by atoms with Crippen molar-refractivity contribution in [3.63, 3.8) is 0 Å². The first kappa shape index (κ1) is 13.9. The molecule has 0 radical (unpaired) electrons. The first-order valence-electron chi connectivity index (χ1n) is 5.82. The van der Waals surface area contributed by atoms with E-state index in [1.54, 1.807) is 14.0 Å². The van der Waals surface area contributed by atoms with Gasteiger partial charge in [0.2, 0.25) is 5.95 Å². The van der Waals surface area contributed by atoms with E-state index in [1.807, 2.05) is 0 Å². The van der Waals surface area contributed by atoms with E-state index < -0.39 is 11.6 Å². The molecule has 0 spiro atoms.